The molecule has 1 unspecified atom stereocenters. The van der Waals surface area contributed by atoms with Gasteiger partial charge in [0.1, 0.15) is 0 Å². The Balaban J connectivity index is 2.19. The summed E-state index contributed by atoms with van der Waals surface area (Å²) in [7, 11) is 0. The van der Waals surface area contributed by atoms with Crippen LogP contribution in [-0.2, 0) is 17.8 Å². The van der Waals surface area contributed by atoms with E-state index in [0.717, 1.165) is 26.1 Å². The minimum Gasteiger partial charge on any atom is -0.374 e. The van der Waals surface area contributed by atoms with Crippen LogP contribution in [0.4, 0.5) is 0 Å². The first-order chi connectivity index (χ1) is 10.3. The number of hydrogen-bond donors (Lipinski definition) is 1. The summed E-state index contributed by atoms with van der Waals surface area (Å²) in [4.78, 5) is 0. The normalized spacial score (nSPS) is 12.5. The molecule has 0 aliphatic rings. The third-order valence-electron chi connectivity index (χ3n) is 3.86. The maximum atomic E-state index is 5.93. The van der Waals surface area contributed by atoms with Crippen LogP contribution in [0.25, 0.3) is 0 Å². The first kappa shape index (κ1) is 18.2. The average molecular weight is 291 g/mol. The monoisotopic (exact) mass is 291 g/mol. The highest BCUT2D eigenvalue weighted by Gasteiger charge is 2.03. The average Bonchev–Trinajstić information content (AvgIpc) is 2.51. The van der Waals surface area contributed by atoms with Crippen LogP contribution in [0.3, 0.4) is 0 Å². The zero-order chi connectivity index (χ0) is 15.3. The standard InChI is InChI=1S/C19H33NO/c1-4-6-7-8-9-17(3)21-16-19-12-10-18(11-13-19)14-15-20-5-2/h10-13,17,20H,4-9,14-16H2,1-3H3. The molecule has 1 aromatic rings. The molecule has 2 heteroatoms. The molecule has 2 nitrogen and oxygen atoms in total. The number of ether oxygens (including phenoxy) is 1. The van der Waals surface area contributed by atoms with Crippen molar-refractivity contribution in [3.8, 4) is 0 Å². The number of unbranched alkanes of at least 4 members (excludes halogenated alkanes) is 3. The summed E-state index contributed by atoms with van der Waals surface area (Å²) in [5.74, 6) is 0. The summed E-state index contributed by atoms with van der Waals surface area (Å²) in [5, 5.41) is 3.36. The predicted molar refractivity (Wildman–Crippen MR) is 91.7 cm³/mol. The lowest BCUT2D eigenvalue weighted by Crippen LogP contribution is -2.16. The maximum absolute atomic E-state index is 5.93. The molecule has 0 heterocycles. The van der Waals surface area contributed by atoms with Crippen molar-refractivity contribution in [1.82, 2.24) is 5.32 Å². The number of hydrogen-bond acceptors (Lipinski definition) is 2. The number of likely N-dealkylation sites (N-methyl/N-ethyl adjacent to an activating group) is 1. The van der Waals surface area contributed by atoms with E-state index in [9.17, 15) is 0 Å². The summed E-state index contributed by atoms with van der Waals surface area (Å²) in [6, 6.07) is 8.85. The van der Waals surface area contributed by atoms with E-state index in [1.165, 1.54) is 43.2 Å². The summed E-state index contributed by atoms with van der Waals surface area (Å²) in [6.45, 7) is 9.42. The molecule has 0 fully saturated rings. The van der Waals surface area contributed by atoms with Crippen molar-refractivity contribution in [2.45, 2.75) is 72.0 Å². The lowest BCUT2D eigenvalue weighted by atomic mass is 10.1. The van der Waals surface area contributed by atoms with Crippen LogP contribution in [0.2, 0.25) is 0 Å². The Labute approximate surface area is 131 Å². The smallest absolute Gasteiger partial charge is 0.0720 e. The van der Waals surface area contributed by atoms with Crippen LogP contribution in [0.1, 0.15) is 64.0 Å². The fourth-order valence-corrected chi connectivity index (χ4v) is 2.39. The highest BCUT2D eigenvalue weighted by atomic mass is 16.5. The summed E-state index contributed by atoms with van der Waals surface area (Å²) in [5.41, 5.74) is 2.68. The van der Waals surface area contributed by atoms with Gasteiger partial charge in [-0.1, -0.05) is 63.8 Å². The Morgan fingerprint density at radius 1 is 1.00 bits per heavy atom. The fraction of sp³-hybridized carbons (Fsp3) is 0.684. The molecule has 0 aromatic heterocycles. The van der Waals surface area contributed by atoms with E-state index >= 15 is 0 Å². The topological polar surface area (TPSA) is 21.3 Å². The molecule has 0 saturated carbocycles. The molecule has 0 radical (unpaired) electrons. The van der Waals surface area contributed by atoms with E-state index < -0.39 is 0 Å². The lowest BCUT2D eigenvalue weighted by molar-refractivity contribution is 0.0459. The van der Waals surface area contributed by atoms with Crippen LogP contribution >= 0.6 is 0 Å². The van der Waals surface area contributed by atoms with Gasteiger partial charge in [0.15, 0.2) is 0 Å². The molecular formula is C19H33NO. The van der Waals surface area contributed by atoms with Crippen molar-refractivity contribution in [2.24, 2.45) is 0 Å². The Morgan fingerprint density at radius 3 is 2.38 bits per heavy atom. The first-order valence-corrected chi connectivity index (χ1v) is 8.66. The molecule has 1 N–H and O–H groups in total. The lowest BCUT2D eigenvalue weighted by Gasteiger charge is -2.13. The Kier molecular flexibility index (Phi) is 10.2. The minimum absolute atomic E-state index is 0.371. The molecule has 0 aliphatic carbocycles. The molecule has 120 valence electrons. The van der Waals surface area contributed by atoms with Crippen LogP contribution in [0, 0.1) is 0 Å². The van der Waals surface area contributed by atoms with Crippen molar-refractivity contribution in [3.05, 3.63) is 35.4 Å². The minimum atomic E-state index is 0.371. The number of benzene rings is 1. The molecule has 21 heavy (non-hydrogen) atoms. The molecule has 1 rings (SSSR count). The second-order valence-electron chi connectivity index (χ2n) is 5.89. The number of nitrogens with one attached hydrogen (secondary N) is 1. The third-order valence-corrected chi connectivity index (χ3v) is 3.86. The largest absolute Gasteiger partial charge is 0.374 e. The van der Waals surface area contributed by atoms with Crippen molar-refractivity contribution in [3.63, 3.8) is 0 Å². The third kappa shape index (κ3) is 8.90. The van der Waals surface area contributed by atoms with Crippen molar-refractivity contribution >= 4 is 0 Å². The second kappa shape index (κ2) is 11.8. The van der Waals surface area contributed by atoms with Gasteiger partial charge in [-0.05, 0) is 44.0 Å². The van der Waals surface area contributed by atoms with E-state index in [-0.39, 0.29) is 0 Å². The predicted octanol–water partition coefficient (Wildman–Crippen LogP) is 4.71. The van der Waals surface area contributed by atoms with Crippen molar-refractivity contribution in [2.75, 3.05) is 13.1 Å². The van der Waals surface area contributed by atoms with Gasteiger partial charge in [0.2, 0.25) is 0 Å². The fourth-order valence-electron chi connectivity index (χ4n) is 2.39. The van der Waals surface area contributed by atoms with Crippen molar-refractivity contribution < 1.29 is 4.74 Å². The van der Waals surface area contributed by atoms with Gasteiger partial charge in [-0.2, -0.15) is 0 Å². The van der Waals surface area contributed by atoms with Crippen LogP contribution in [-0.4, -0.2) is 19.2 Å². The van der Waals surface area contributed by atoms with Crippen LogP contribution in [0.5, 0.6) is 0 Å². The van der Waals surface area contributed by atoms with Crippen LogP contribution < -0.4 is 5.32 Å². The number of rotatable bonds is 12. The molecule has 0 aliphatic heterocycles. The van der Waals surface area contributed by atoms with Gasteiger partial charge in [0.25, 0.3) is 0 Å². The van der Waals surface area contributed by atoms with Gasteiger partial charge in [0.05, 0.1) is 12.7 Å². The summed E-state index contributed by atoms with van der Waals surface area (Å²) >= 11 is 0. The maximum Gasteiger partial charge on any atom is 0.0720 e. The Bertz CT molecular complexity index is 347. The van der Waals surface area contributed by atoms with Crippen molar-refractivity contribution in [1.29, 1.82) is 0 Å². The summed E-state index contributed by atoms with van der Waals surface area (Å²) in [6.07, 6.45) is 7.93. The molecule has 0 spiro atoms. The highest BCUT2D eigenvalue weighted by molar-refractivity contribution is 5.22. The van der Waals surface area contributed by atoms with E-state index in [1.54, 1.807) is 0 Å². The molecule has 1 aromatic carbocycles. The zero-order valence-electron chi connectivity index (χ0n) is 14.2. The highest BCUT2D eigenvalue weighted by Crippen LogP contribution is 2.11. The molecule has 0 bridgehead atoms. The van der Waals surface area contributed by atoms with Gasteiger partial charge in [-0.3, -0.25) is 0 Å². The Hall–Kier alpha value is -0.860. The first-order valence-electron chi connectivity index (χ1n) is 8.66. The van der Waals surface area contributed by atoms with E-state index in [2.05, 4.69) is 50.4 Å². The molecule has 1 atom stereocenters. The van der Waals surface area contributed by atoms with Gasteiger partial charge in [-0.25, -0.2) is 0 Å². The SMILES string of the molecule is CCCCCCC(C)OCc1ccc(CCNCC)cc1. The molecule has 0 amide bonds. The Morgan fingerprint density at radius 2 is 1.71 bits per heavy atom. The molecular weight excluding hydrogens is 258 g/mol. The summed E-state index contributed by atoms with van der Waals surface area (Å²) < 4.78 is 5.93. The van der Waals surface area contributed by atoms with Crippen LogP contribution in [0.15, 0.2) is 24.3 Å². The molecule has 0 saturated heterocycles. The van der Waals surface area contributed by atoms with Gasteiger partial charge < -0.3 is 10.1 Å². The van der Waals surface area contributed by atoms with Gasteiger partial charge in [0, 0.05) is 0 Å². The van der Waals surface area contributed by atoms with Gasteiger partial charge in [-0.15, -0.1) is 0 Å². The van der Waals surface area contributed by atoms with E-state index in [1.807, 2.05) is 0 Å². The zero-order valence-corrected chi connectivity index (χ0v) is 14.2. The van der Waals surface area contributed by atoms with Gasteiger partial charge >= 0.3 is 0 Å². The quantitative estimate of drug-likeness (QED) is 0.563. The second-order valence-corrected chi connectivity index (χ2v) is 5.89. The van der Waals surface area contributed by atoms with E-state index in [0.29, 0.717) is 6.10 Å². The van der Waals surface area contributed by atoms with E-state index in [4.69, 9.17) is 4.74 Å².